The molecule has 2 nitrogen and oxygen atoms in total. The molecule has 1 fully saturated rings. The molecule has 1 aliphatic heterocycles. The van der Waals surface area contributed by atoms with Crippen LogP contribution in [0.4, 0.5) is 0 Å². The fourth-order valence-electron chi connectivity index (χ4n) is 0.854. The normalized spacial score (nSPS) is 32.2. The molecule has 0 aromatic carbocycles. The largest absolute Gasteiger partial charge is 0.463 e. The van der Waals surface area contributed by atoms with Crippen molar-refractivity contribution in [2.75, 3.05) is 6.54 Å². The molecule has 1 aliphatic rings. The predicted octanol–water partition coefficient (Wildman–Crippen LogP) is 1.31. The van der Waals surface area contributed by atoms with Gasteiger partial charge < -0.3 is 10.1 Å². The molecule has 0 aromatic rings. The number of ether oxygens (including phenoxy) is 1. The zero-order valence-corrected chi connectivity index (χ0v) is 7.42. The highest BCUT2D eigenvalue weighted by molar-refractivity contribution is 7.80. The molecule has 1 saturated heterocycles. The molecule has 0 amide bonds. The Morgan fingerprint density at radius 2 is 2.30 bits per heavy atom. The molecule has 3 heteroatoms. The van der Waals surface area contributed by atoms with Crippen LogP contribution in [0.15, 0.2) is 0 Å². The zero-order valence-electron chi connectivity index (χ0n) is 6.60. The second-order valence-corrected chi connectivity index (χ2v) is 3.58. The Bertz CT molecular complexity index is 158. The summed E-state index contributed by atoms with van der Waals surface area (Å²) in [5.41, 5.74) is -0.0862. The Labute approximate surface area is 66.9 Å². The van der Waals surface area contributed by atoms with E-state index in [4.69, 9.17) is 17.0 Å². The molecule has 0 radical (unpaired) electrons. The van der Waals surface area contributed by atoms with Crippen LogP contribution in [0.2, 0.25) is 0 Å². The van der Waals surface area contributed by atoms with Crippen LogP contribution in [0.1, 0.15) is 20.8 Å². The monoisotopic (exact) mass is 159 g/mol. The Balaban J connectivity index is 2.63. The van der Waals surface area contributed by atoms with Crippen molar-refractivity contribution in [3.8, 4) is 0 Å². The van der Waals surface area contributed by atoms with Crippen molar-refractivity contribution >= 4 is 17.4 Å². The van der Waals surface area contributed by atoms with Gasteiger partial charge in [-0.25, -0.2) is 0 Å². The van der Waals surface area contributed by atoms with E-state index in [0.29, 0.717) is 11.1 Å². The van der Waals surface area contributed by atoms with E-state index in [1.165, 1.54) is 0 Å². The minimum absolute atomic E-state index is 0.0862. The molecule has 58 valence electrons. The average molecular weight is 159 g/mol. The number of hydrogen-bond donors (Lipinski definition) is 1. The van der Waals surface area contributed by atoms with Gasteiger partial charge in [0.15, 0.2) is 0 Å². The van der Waals surface area contributed by atoms with Gasteiger partial charge in [-0.2, -0.15) is 0 Å². The molecule has 0 spiro atoms. The quantitative estimate of drug-likeness (QED) is 0.583. The second-order valence-electron chi connectivity index (χ2n) is 3.21. The van der Waals surface area contributed by atoms with Crippen LogP contribution in [0.5, 0.6) is 0 Å². The molecule has 0 bridgehead atoms. The van der Waals surface area contributed by atoms with E-state index in [0.717, 1.165) is 6.54 Å². The summed E-state index contributed by atoms with van der Waals surface area (Å²) in [6.45, 7) is 7.18. The molecule has 0 aromatic heterocycles. The molecule has 1 atom stereocenters. The van der Waals surface area contributed by atoms with Crippen LogP contribution in [0.25, 0.3) is 0 Å². The third-order valence-electron chi connectivity index (χ3n) is 2.13. The van der Waals surface area contributed by atoms with Gasteiger partial charge in [0, 0.05) is 0 Å². The second kappa shape index (κ2) is 2.38. The van der Waals surface area contributed by atoms with Crippen LogP contribution in [0.3, 0.4) is 0 Å². The summed E-state index contributed by atoms with van der Waals surface area (Å²) in [6.07, 6.45) is 0. The first-order valence-electron chi connectivity index (χ1n) is 3.51. The third kappa shape index (κ3) is 1.24. The topological polar surface area (TPSA) is 21.3 Å². The van der Waals surface area contributed by atoms with Crippen LogP contribution >= 0.6 is 12.2 Å². The Kier molecular flexibility index (Phi) is 1.86. The summed E-state index contributed by atoms with van der Waals surface area (Å²) in [5, 5.41) is 3.54. The van der Waals surface area contributed by atoms with Gasteiger partial charge in [-0.05, 0) is 25.1 Å². The van der Waals surface area contributed by atoms with E-state index >= 15 is 0 Å². The van der Waals surface area contributed by atoms with Gasteiger partial charge >= 0.3 is 0 Å². The number of rotatable bonds is 1. The van der Waals surface area contributed by atoms with E-state index in [2.05, 4.69) is 26.1 Å². The molecule has 10 heavy (non-hydrogen) atoms. The minimum Gasteiger partial charge on any atom is -0.463 e. The van der Waals surface area contributed by atoms with Crippen molar-refractivity contribution < 1.29 is 4.74 Å². The summed E-state index contributed by atoms with van der Waals surface area (Å²) in [7, 11) is 0. The Morgan fingerprint density at radius 1 is 1.70 bits per heavy atom. The third-order valence-corrected chi connectivity index (χ3v) is 2.36. The Morgan fingerprint density at radius 3 is 2.50 bits per heavy atom. The summed E-state index contributed by atoms with van der Waals surface area (Å²) in [6, 6.07) is 0. The predicted molar refractivity (Wildman–Crippen MR) is 44.9 cm³/mol. The van der Waals surface area contributed by atoms with E-state index in [9.17, 15) is 0 Å². The first-order chi connectivity index (χ1) is 4.54. The maximum absolute atomic E-state index is 5.43. The van der Waals surface area contributed by atoms with Crippen LogP contribution in [0, 0.1) is 5.92 Å². The summed E-state index contributed by atoms with van der Waals surface area (Å²) < 4.78 is 5.43. The van der Waals surface area contributed by atoms with Crippen molar-refractivity contribution in [3.05, 3.63) is 0 Å². The number of thiocarbonyl (C=S) groups is 1. The lowest BCUT2D eigenvalue weighted by atomic mass is 9.93. The fraction of sp³-hybridized carbons (Fsp3) is 0.857. The summed E-state index contributed by atoms with van der Waals surface area (Å²) in [5.74, 6) is 0.500. The first kappa shape index (κ1) is 7.79. The first-order valence-corrected chi connectivity index (χ1v) is 3.92. The smallest absolute Gasteiger partial charge is 0.257 e. The van der Waals surface area contributed by atoms with Gasteiger partial charge in [0.25, 0.3) is 5.17 Å². The molecule has 0 saturated carbocycles. The van der Waals surface area contributed by atoms with Crippen LogP contribution < -0.4 is 5.32 Å². The van der Waals surface area contributed by atoms with Crippen molar-refractivity contribution in [1.82, 2.24) is 5.32 Å². The lowest BCUT2D eigenvalue weighted by Crippen LogP contribution is -2.35. The SMILES string of the molecule is CC(C)C1(C)CNC(=S)O1. The summed E-state index contributed by atoms with van der Waals surface area (Å²) in [4.78, 5) is 0. The van der Waals surface area contributed by atoms with Gasteiger partial charge in [0.1, 0.15) is 5.60 Å². The van der Waals surface area contributed by atoms with Gasteiger partial charge in [-0.15, -0.1) is 0 Å². The zero-order chi connectivity index (χ0) is 7.78. The molecule has 1 unspecified atom stereocenters. The van der Waals surface area contributed by atoms with E-state index < -0.39 is 0 Å². The highest BCUT2D eigenvalue weighted by Gasteiger charge is 2.36. The minimum atomic E-state index is -0.0862. The Hall–Kier alpha value is -0.310. The van der Waals surface area contributed by atoms with Crippen molar-refractivity contribution in [1.29, 1.82) is 0 Å². The number of nitrogens with one attached hydrogen (secondary N) is 1. The molecule has 1 N–H and O–H groups in total. The molecule has 0 aliphatic carbocycles. The average Bonchev–Trinajstić information content (AvgIpc) is 2.13. The maximum Gasteiger partial charge on any atom is 0.257 e. The summed E-state index contributed by atoms with van der Waals surface area (Å²) >= 11 is 4.85. The van der Waals surface area contributed by atoms with E-state index in [1.807, 2.05) is 0 Å². The fourth-order valence-corrected chi connectivity index (χ4v) is 1.12. The van der Waals surface area contributed by atoms with Crippen LogP contribution in [-0.2, 0) is 4.74 Å². The number of hydrogen-bond acceptors (Lipinski definition) is 2. The van der Waals surface area contributed by atoms with Crippen molar-refractivity contribution in [3.63, 3.8) is 0 Å². The standard InChI is InChI=1S/C7H13NOS/c1-5(2)7(3)4-8-6(10)9-7/h5H,4H2,1-3H3,(H,8,10). The highest BCUT2D eigenvalue weighted by atomic mass is 32.1. The molecular formula is C7H13NOS. The van der Waals surface area contributed by atoms with Gasteiger partial charge in [0.2, 0.25) is 0 Å². The highest BCUT2D eigenvalue weighted by Crippen LogP contribution is 2.24. The van der Waals surface area contributed by atoms with Gasteiger partial charge in [0.05, 0.1) is 6.54 Å². The van der Waals surface area contributed by atoms with Gasteiger partial charge in [-0.3, -0.25) is 0 Å². The molecule has 1 heterocycles. The van der Waals surface area contributed by atoms with Crippen molar-refractivity contribution in [2.24, 2.45) is 5.92 Å². The van der Waals surface area contributed by atoms with Crippen molar-refractivity contribution in [2.45, 2.75) is 26.4 Å². The van der Waals surface area contributed by atoms with Crippen LogP contribution in [-0.4, -0.2) is 17.3 Å². The van der Waals surface area contributed by atoms with E-state index in [-0.39, 0.29) is 5.60 Å². The molecule has 1 rings (SSSR count). The van der Waals surface area contributed by atoms with Gasteiger partial charge in [-0.1, -0.05) is 13.8 Å². The lowest BCUT2D eigenvalue weighted by Gasteiger charge is -2.25. The molecular weight excluding hydrogens is 146 g/mol. The lowest BCUT2D eigenvalue weighted by molar-refractivity contribution is 0.0664. The maximum atomic E-state index is 5.43. The van der Waals surface area contributed by atoms with E-state index in [1.54, 1.807) is 0 Å².